The van der Waals surface area contributed by atoms with E-state index in [-0.39, 0.29) is 17.9 Å². The zero-order chi connectivity index (χ0) is 20.4. The molecule has 0 spiro atoms. The third-order valence-electron chi connectivity index (χ3n) is 5.12. The van der Waals surface area contributed by atoms with Crippen LogP contribution in [0.25, 0.3) is 0 Å². The molecule has 0 radical (unpaired) electrons. The van der Waals surface area contributed by atoms with Gasteiger partial charge in [-0.05, 0) is 42.0 Å². The van der Waals surface area contributed by atoms with Crippen molar-refractivity contribution < 1.29 is 18.7 Å². The van der Waals surface area contributed by atoms with Gasteiger partial charge in [0.05, 0.1) is 20.3 Å². The van der Waals surface area contributed by atoms with Crippen molar-refractivity contribution in [3.8, 4) is 11.5 Å². The van der Waals surface area contributed by atoms with Crippen molar-refractivity contribution in [2.45, 2.75) is 12.6 Å². The Morgan fingerprint density at radius 1 is 1.03 bits per heavy atom. The molecule has 29 heavy (non-hydrogen) atoms. The number of ether oxygens (including phenoxy) is 2. The fourth-order valence-electron chi connectivity index (χ4n) is 3.71. The van der Waals surface area contributed by atoms with Crippen molar-refractivity contribution in [1.82, 2.24) is 9.47 Å². The first kappa shape index (κ1) is 18.9. The van der Waals surface area contributed by atoms with Gasteiger partial charge in [0.25, 0.3) is 0 Å². The maximum Gasteiger partial charge on any atom is 0.322 e. The van der Waals surface area contributed by atoms with E-state index in [0.717, 1.165) is 11.3 Å². The van der Waals surface area contributed by atoms with Gasteiger partial charge in [0.15, 0.2) is 11.5 Å². The number of halogens is 1. The van der Waals surface area contributed by atoms with E-state index in [1.54, 1.807) is 49.5 Å². The first-order chi connectivity index (χ1) is 14.1. The topological polar surface area (TPSA) is 55.7 Å². The molecule has 0 bridgehead atoms. The van der Waals surface area contributed by atoms with Crippen molar-refractivity contribution in [2.75, 3.05) is 26.1 Å². The van der Waals surface area contributed by atoms with Crippen LogP contribution in [0.3, 0.4) is 0 Å². The second-order valence-electron chi connectivity index (χ2n) is 6.77. The average Bonchev–Trinajstić information content (AvgIpc) is 3.22. The van der Waals surface area contributed by atoms with Crippen LogP contribution in [0, 0.1) is 5.82 Å². The molecule has 6 nitrogen and oxygen atoms in total. The standard InChI is InChI=1S/C22H22FN3O3/c1-28-19-10-9-17(14-20(19)29-2)24-22(27)26-13-12-25-11-3-4-18(25)21(26)15-5-7-16(23)8-6-15/h3-11,14,21H,12-13H2,1-2H3,(H,24,27)/t21-/m1/s1. The summed E-state index contributed by atoms with van der Waals surface area (Å²) in [6.07, 6.45) is 2.00. The Bertz CT molecular complexity index is 1020. The molecule has 2 amide bonds. The fourth-order valence-corrected chi connectivity index (χ4v) is 3.71. The van der Waals surface area contributed by atoms with Crippen LogP contribution in [0.5, 0.6) is 11.5 Å². The summed E-state index contributed by atoms with van der Waals surface area (Å²) < 4.78 is 26.1. The molecule has 4 rings (SSSR count). The SMILES string of the molecule is COc1ccc(NC(=O)N2CCn3cccc3[C@H]2c2ccc(F)cc2)cc1OC. The molecule has 0 aliphatic carbocycles. The van der Waals surface area contributed by atoms with Crippen LogP contribution in [-0.2, 0) is 6.54 Å². The number of nitrogens with one attached hydrogen (secondary N) is 1. The third kappa shape index (κ3) is 3.63. The van der Waals surface area contributed by atoms with E-state index in [9.17, 15) is 9.18 Å². The number of anilines is 1. The maximum atomic E-state index is 13.4. The lowest BCUT2D eigenvalue weighted by Gasteiger charge is -2.37. The van der Waals surface area contributed by atoms with E-state index in [0.29, 0.717) is 30.3 Å². The first-order valence-electron chi connectivity index (χ1n) is 9.31. The number of hydrogen-bond acceptors (Lipinski definition) is 3. The Hall–Kier alpha value is -3.48. The van der Waals surface area contributed by atoms with Gasteiger partial charge >= 0.3 is 6.03 Å². The minimum absolute atomic E-state index is 0.237. The number of aromatic nitrogens is 1. The number of carbonyl (C=O) groups excluding carboxylic acids is 1. The van der Waals surface area contributed by atoms with Gasteiger partial charge in [-0.3, -0.25) is 0 Å². The summed E-state index contributed by atoms with van der Waals surface area (Å²) in [4.78, 5) is 14.9. The van der Waals surface area contributed by atoms with Gasteiger partial charge in [-0.1, -0.05) is 12.1 Å². The lowest BCUT2D eigenvalue weighted by molar-refractivity contribution is 0.182. The zero-order valence-electron chi connectivity index (χ0n) is 16.3. The van der Waals surface area contributed by atoms with Gasteiger partial charge in [-0.15, -0.1) is 0 Å². The number of amides is 2. The Morgan fingerprint density at radius 2 is 1.79 bits per heavy atom. The monoisotopic (exact) mass is 395 g/mol. The molecule has 1 N–H and O–H groups in total. The molecule has 2 aromatic carbocycles. The third-order valence-corrected chi connectivity index (χ3v) is 5.12. The zero-order valence-corrected chi connectivity index (χ0v) is 16.3. The number of benzene rings is 2. The lowest BCUT2D eigenvalue weighted by atomic mass is 10.0. The van der Waals surface area contributed by atoms with Gasteiger partial charge in [0, 0.05) is 36.7 Å². The van der Waals surface area contributed by atoms with Gasteiger partial charge in [0.2, 0.25) is 0 Å². The average molecular weight is 395 g/mol. The summed E-state index contributed by atoms with van der Waals surface area (Å²) in [7, 11) is 3.11. The minimum Gasteiger partial charge on any atom is -0.493 e. The molecule has 1 aliphatic rings. The quantitative estimate of drug-likeness (QED) is 0.717. The van der Waals surface area contributed by atoms with Gasteiger partial charge in [0.1, 0.15) is 5.82 Å². The first-order valence-corrected chi connectivity index (χ1v) is 9.31. The fraction of sp³-hybridized carbons (Fsp3) is 0.227. The van der Waals surface area contributed by atoms with Crippen LogP contribution in [0.4, 0.5) is 14.9 Å². The smallest absolute Gasteiger partial charge is 0.322 e. The number of nitrogens with zero attached hydrogens (tertiary/aromatic N) is 2. The number of methoxy groups -OCH3 is 2. The molecule has 0 saturated heterocycles. The molecule has 3 aromatic rings. The van der Waals surface area contributed by atoms with Crippen LogP contribution in [0.2, 0.25) is 0 Å². The highest BCUT2D eigenvalue weighted by Gasteiger charge is 2.32. The molecular formula is C22H22FN3O3. The van der Waals surface area contributed by atoms with Crippen LogP contribution in [0.1, 0.15) is 17.3 Å². The summed E-state index contributed by atoms with van der Waals surface area (Å²) in [6, 6.07) is 14.9. The normalized spacial score (nSPS) is 15.6. The number of hydrogen-bond donors (Lipinski definition) is 1. The van der Waals surface area contributed by atoms with Crippen molar-refractivity contribution >= 4 is 11.7 Å². The van der Waals surface area contributed by atoms with E-state index >= 15 is 0 Å². The molecular weight excluding hydrogens is 373 g/mol. The van der Waals surface area contributed by atoms with Crippen molar-refractivity contribution in [3.05, 3.63) is 77.9 Å². The molecule has 7 heteroatoms. The second-order valence-corrected chi connectivity index (χ2v) is 6.77. The molecule has 2 heterocycles. The lowest BCUT2D eigenvalue weighted by Crippen LogP contribution is -2.44. The Balaban J connectivity index is 1.64. The Kier molecular flexibility index (Phi) is 5.12. The van der Waals surface area contributed by atoms with Crippen LogP contribution >= 0.6 is 0 Å². The summed E-state index contributed by atoms with van der Waals surface area (Å²) >= 11 is 0. The molecule has 1 aromatic heterocycles. The molecule has 150 valence electrons. The van der Waals surface area contributed by atoms with Crippen LogP contribution in [0.15, 0.2) is 60.8 Å². The predicted molar refractivity (Wildman–Crippen MR) is 108 cm³/mol. The van der Waals surface area contributed by atoms with Crippen molar-refractivity contribution in [1.29, 1.82) is 0 Å². The van der Waals surface area contributed by atoms with Gasteiger partial charge in [-0.2, -0.15) is 0 Å². The second kappa shape index (κ2) is 7.87. The molecule has 0 saturated carbocycles. The summed E-state index contributed by atoms with van der Waals surface area (Å²) in [5.74, 6) is 0.819. The number of rotatable bonds is 4. The molecule has 0 fully saturated rings. The van der Waals surface area contributed by atoms with E-state index in [4.69, 9.17) is 9.47 Å². The van der Waals surface area contributed by atoms with Crippen molar-refractivity contribution in [2.24, 2.45) is 0 Å². The summed E-state index contributed by atoms with van der Waals surface area (Å²) in [5.41, 5.74) is 2.45. The van der Waals surface area contributed by atoms with E-state index in [2.05, 4.69) is 9.88 Å². The van der Waals surface area contributed by atoms with E-state index in [1.165, 1.54) is 12.1 Å². The summed E-state index contributed by atoms with van der Waals surface area (Å²) in [6.45, 7) is 1.22. The maximum absolute atomic E-state index is 13.4. The largest absolute Gasteiger partial charge is 0.493 e. The predicted octanol–water partition coefficient (Wildman–Crippen LogP) is 4.28. The van der Waals surface area contributed by atoms with E-state index in [1.807, 2.05) is 18.3 Å². The van der Waals surface area contributed by atoms with Crippen LogP contribution < -0.4 is 14.8 Å². The molecule has 1 aliphatic heterocycles. The minimum atomic E-state index is -0.306. The molecule has 1 atom stereocenters. The van der Waals surface area contributed by atoms with Gasteiger partial charge < -0.3 is 24.3 Å². The Morgan fingerprint density at radius 3 is 2.52 bits per heavy atom. The number of urea groups is 1. The highest BCUT2D eigenvalue weighted by atomic mass is 19.1. The van der Waals surface area contributed by atoms with E-state index < -0.39 is 0 Å². The van der Waals surface area contributed by atoms with Crippen molar-refractivity contribution in [3.63, 3.8) is 0 Å². The summed E-state index contributed by atoms with van der Waals surface area (Å²) in [5, 5.41) is 2.94. The Labute approximate surface area is 168 Å². The molecule has 0 unspecified atom stereocenters. The van der Waals surface area contributed by atoms with Gasteiger partial charge in [-0.25, -0.2) is 9.18 Å². The highest BCUT2D eigenvalue weighted by molar-refractivity contribution is 5.90. The highest BCUT2D eigenvalue weighted by Crippen LogP contribution is 2.34. The number of fused-ring (bicyclic) bond motifs is 1. The number of carbonyl (C=O) groups is 1. The van der Waals surface area contributed by atoms with Crippen LogP contribution in [-0.4, -0.2) is 36.3 Å².